The number of carbonyl (C=O) groups is 1. The van der Waals surface area contributed by atoms with Crippen molar-refractivity contribution in [3.05, 3.63) is 40.3 Å². The molecule has 0 saturated heterocycles. The smallest absolute Gasteiger partial charge is 0.360 e. The van der Waals surface area contributed by atoms with Crippen molar-refractivity contribution in [2.45, 2.75) is 6.92 Å². The number of nitrogens with two attached hydrogens (primary N) is 1. The molecule has 0 unspecified atom stereocenters. The van der Waals surface area contributed by atoms with Crippen molar-refractivity contribution in [3.8, 4) is 5.69 Å². The van der Waals surface area contributed by atoms with Crippen LogP contribution in [0.1, 0.15) is 17.4 Å². The van der Waals surface area contributed by atoms with Crippen molar-refractivity contribution in [2.24, 2.45) is 0 Å². The Bertz CT molecular complexity index is 625. The zero-order valence-electron chi connectivity index (χ0n) is 10.1. The minimum Gasteiger partial charge on any atom is -0.461 e. The molecule has 100 valence electrons. The third-order valence-electron chi connectivity index (χ3n) is 2.44. The summed E-state index contributed by atoms with van der Waals surface area (Å²) in [5.41, 5.74) is 6.53. The third-order valence-corrected chi connectivity index (χ3v) is 2.98. The Hall–Kier alpha value is -1.72. The predicted octanol–water partition coefficient (Wildman–Crippen LogP) is 2.94. The molecule has 0 aliphatic heterocycles. The van der Waals surface area contributed by atoms with Crippen LogP contribution in [0.15, 0.2) is 24.5 Å². The quantitative estimate of drug-likeness (QED) is 0.885. The van der Waals surface area contributed by atoms with Crippen LogP contribution in [0.2, 0.25) is 10.0 Å². The normalized spacial score (nSPS) is 10.5. The van der Waals surface area contributed by atoms with Gasteiger partial charge < -0.3 is 10.5 Å². The van der Waals surface area contributed by atoms with Gasteiger partial charge in [-0.2, -0.15) is 0 Å². The maximum atomic E-state index is 11.6. The van der Waals surface area contributed by atoms with E-state index in [1.807, 2.05) is 0 Å². The van der Waals surface area contributed by atoms with Gasteiger partial charge in [-0.15, -0.1) is 0 Å². The van der Waals surface area contributed by atoms with E-state index in [1.54, 1.807) is 25.1 Å². The van der Waals surface area contributed by atoms with Crippen LogP contribution in [-0.2, 0) is 4.74 Å². The molecule has 5 nitrogen and oxygen atoms in total. The van der Waals surface area contributed by atoms with Crippen LogP contribution in [-0.4, -0.2) is 22.1 Å². The van der Waals surface area contributed by atoms with E-state index in [1.165, 1.54) is 10.9 Å². The zero-order valence-corrected chi connectivity index (χ0v) is 11.6. The lowest BCUT2D eigenvalue weighted by Crippen LogP contribution is -2.09. The van der Waals surface area contributed by atoms with Gasteiger partial charge >= 0.3 is 5.97 Å². The second kappa shape index (κ2) is 5.50. The van der Waals surface area contributed by atoms with E-state index in [0.717, 1.165) is 0 Å². The molecule has 7 heteroatoms. The zero-order chi connectivity index (χ0) is 14.0. The number of imidazole rings is 1. The van der Waals surface area contributed by atoms with Crippen molar-refractivity contribution < 1.29 is 9.53 Å². The number of esters is 1. The molecule has 2 N–H and O–H groups in total. The van der Waals surface area contributed by atoms with Crippen molar-refractivity contribution in [3.63, 3.8) is 0 Å². The molecule has 19 heavy (non-hydrogen) atoms. The molecule has 1 aromatic heterocycles. The third kappa shape index (κ3) is 2.67. The fourth-order valence-corrected chi connectivity index (χ4v) is 2.08. The Morgan fingerprint density at radius 2 is 2.21 bits per heavy atom. The highest BCUT2D eigenvalue weighted by molar-refractivity contribution is 6.35. The molecule has 0 aliphatic rings. The van der Waals surface area contributed by atoms with E-state index < -0.39 is 5.97 Å². The van der Waals surface area contributed by atoms with Gasteiger partial charge in [-0.25, -0.2) is 9.78 Å². The number of hydrogen-bond acceptors (Lipinski definition) is 4. The topological polar surface area (TPSA) is 70.1 Å². The van der Waals surface area contributed by atoms with Gasteiger partial charge in [0.15, 0.2) is 5.69 Å². The number of hydrogen-bond donors (Lipinski definition) is 1. The first-order chi connectivity index (χ1) is 9.04. The molecule has 0 spiro atoms. The molecule has 1 aromatic carbocycles. The van der Waals surface area contributed by atoms with Crippen LogP contribution in [0, 0.1) is 0 Å². The van der Waals surface area contributed by atoms with Crippen LogP contribution >= 0.6 is 23.2 Å². The summed E-state index contributed by atoms with van der Waals surface area (Å²) in [4.78, 5) is 15.6. The first-order valence-corrected chi connectivity index (χ1v) is 6.25. The summed E-state index contributed by atoms with van der Waals surface area (Å²) >= 11 is 11.9. The second-order valence-electron chi connectivity index (χ2n) is 3.66. The van der Waals surface area contributed by atoms with Crippen LogP contribution in [0.25, 0.3) is 5.69 Å². The number of anilines is 1. The van der Waals surface area contributed by atoms with E-state index >= 15 is 0 Å². The Labute approximate surface area is 119 Å². The summed E-state index contributed by atoms with van der Waals surface area (Å²) in [7, 11) is 0. The van der Waals surface area contributed by atoms with Gasteiger partial charge in [0, 0.05) is 5.02 Å². The summed E-state index contributed by atoms with van der Waals surface area (Å²) < 4.78 is 6.36. The summed E-state index contributed by atoms with van der Waals surface area (Å²) in [5, 5.41) is 0.921. The molecule has 0 saturated carbocycles. The molecule has 2 aromatic rings. The number of ether oxygens (including phenoxy) is 1. The average Bonchev–Trinajstić information content (AvgIpc) is 2.72. The lowest BCUT2D eigenvalue weighted by atomic mass is 10.3. The lowest BCUT2D eigenvalue weighted by molar-refractivity contribution is 0.0521. The Kier molecular flexibility index (Phi) is 3.97. The first kappa shape index (κ1) is 13.7. The van der Waals surface area contributed by atoms with E-state index in [0.29, 0.717) is 15.7 Å². The highest BCUT2D eigenvalue weighted by atomic mass is 35.5. The molecule has 0 amide bonds. The first-order valence-electron chi connectivity index (χ1n) is 5.50. The summed E-state index contributed by atoms with van der Waals surface area (Å²) in [5.74, 6) is -0.397. The van der Waals surface area contributed by atoms with Gasteiger partial charge in [0.05, 0.1) is 17.3 Å². The number of halogens is 2. The molecular formula is C12H11Cl2N3O2. The van der Waals surface area contributed by atoms with Gasteiger partial charge in [0.2, 0.25) is 0 Å². The number of aromatic nitrogens is 2. The molecule has 0 atom stereocenters. The van der Waals surface area contributed by atoms with E-state index in [9.17, 15) is 4.79 Å². The van der Waals surface area contributed by atoms with Crippen molar-refractivity contribution in [1.82, 2.24) is 9.55 Å². The SMILES string of the molecule is CCOC(=O)c1ncn(-c2ccc(Cl)cc2Cl)c1N. The Balaban J connectivity index is 2.44. The molecule has 0 bridgehead atoms. The fraction of sp³-hybridized carbons (Fsp3) is 0.167. The molecule has 0 radical (unpaired) electrons. The van der Waals surface area contributed by atoms with Crippen LogP contribution < -0.4 is 5.73 Å². The second-order valence-corrected chi connectivity index (χ2v) is 4.51. The predicted molar refractivity (Wildman–Crippen MR) is 74.0 cm³/mol. The van der Waals surface area contributed by atoms with Crippen LogP contribution in [0.5, 0.6) is 0 Å². The van der Waals surface area contributed by atoms with Gasteiger partial charge in [0.1, 0.15) is 12.1 Å². The van der Waals surface area contributed by atoms with Crippen molar-refractivity contribution in [1.29, 1.82) is 0 Å². The van der Waals surface area contributed by atoms with Gasteiger partial charge in [0.25, 0.3) is 0 Å². The monoisotopic (exact) mass is 299 g/mol. The highest BCUT2D eigenvalue weighted by Crippen LogP contribution is 2.27. The number of nitrogen functional groups attached to an aromatic ring is 1. The van der Waals surface area contributed by atoms with Gasteiger partial charge in [-0.05, 0) is 25.1 Å². The van der Waals surface area contributed by atoms with Crippen molar-refractivity contribution >= 4 is 35.0 Å². The molecular weight excluding hydrogens is 289 g/mol. The molecule has 0 aliphatic carbocycles. The van der Waals surface area contributed by atoms with Gasteiger partial charge in [-0.3, -0.25) is 4.57 Å². The largest absolute Gasteiger partial charge is 0.461 e. The number of nitrogens with zero attached hydrogens (tertiary/aromatic N) is 2. The molecule has 1 heterocycles. The minimum absolute atomic E-state index is 0.0628. The fourth-order valence-electron chi connectivity index (χ4n) is 1.58. The number of benzene rings is 1. The number of carbonyl (C=O) groups excluding carboxylic acids is 1. The standard InChI is InChI=1S/C12H11Cl2N3O2/c1-2-19-12(18)10-11(15)17(6-16-10)9-4-3-7(13)5-8(9)14/h3-6H,2,15H2,1H3. The minimum atomic E-state index is -0.566. The van der Waals surface area contributed by atoms with E-state index in [4.69, 9.17) is 33.7 Å². The maximum Gasteiger partial charge on any atom is 0.360 e. The Morgan fingerprint density at radius 1 is 1.47 bits per heavy atom. The highest BCUT2D eigenvalue weighted by Gasteiger charge is 2.18. The van der Waals surface area contributed by atoms with Crippen LogP contribution in [0.4, 0.5) is 5.82 Å². The van der Waals surface area contributed by atoms with Gasteiger partial charge in [-0.1, -0.05) is 23.2 Å². The van der Waals surface area contributed by atoms with E-state index in [-0.39, 0.29) is 18.1 Å². The molecule has 2 rings (SSSR count). The summed E-state index contributed by atoms with van der Waals surface area (Å²) in [6, 6.07) is 4.95. The lowest BCUT2D eigenvalue weighted by Gasteiger charge is -2.08. The van der Waals surface area contributed by atoms with Crippen molar-refractivity contribution in [2.75, 3.05) is 12.3 Å². The maximum absolute atomic E-state index is 11.6. The average molecular weight is 300 g/mol. The summed E-state index contributed by atoms with van der Waals surface area (Å²) in [6.45, 7) is 1.97. The number of rotatable bonds is 3. The van der Waals surface area contributed by atoms with E-state index in [2.05, 4.69) is 4.98 Å². The molecule has 0 fully saturated rings. The van der Waals surface area contributed by atoms with Crippen LogP contribution in [0.3, 0.4) is 0 Å². The summed E-state index contributed by atoms with van der Waals surface area (Å²) in [6.07, 6.45) is 1.41. The Morgan fingerprint density at radius 3 is 2.84 bits per heavy atom.